The quantitative estimate of drug-likeness (QED) is 0.205. The van der Waals surface area contributed by atoms with Crippen LogP contribution in [0.3, 0.4) is 0 Å². The summed E-state index contributed by atoms with van der Waals surface area (Å²) in [6, 6.07) is 21.8. The summed E-state index contributed by atoms with van der Waals surface area (Å²) < 4.78 is 10.8. The van der Waals surface area contributed by atoms with Crippen LogP contribution < -0.4 is 10.6 Å². The number of benzene rings is 3. The molecule has 0 saturated carbocycles. The number of alkyl carbamates (subject to hydrolysis) is 1. The SMILES string of the molecule is CC(C)(C)OC(=O)N[C@H](Cc1ccccc1)C(=O)N[C@H](Cc1ccccc1)C(=O)OCc1ccc([N+](=O)[O-])cc1. The van der Waals surface area contributed by atoms with Gasteiger partial charge >= 0.3 is 12.1 Å². The van der Waals surface area contributed by atoms with E-state index in [1.165, 1.54) is 24.3 Å². The molecule has 0 aliphatic rings. The van der Waals surface area contributed by atoms with Crippen LogP contribution in [0.1, 0.15) is 37.5 Å². The molecule has 0 heterocycles. The number of nitrogens with one attached hydrogen (secondary N) is 2. The molecule has 0 saturated heterocycles. The lowest BCUT2D eigenvalue weighted by molar-refractivity contribution is -0.384. The minimum atomic E-state index is -1.06. The smallest absolute Gasteiger partial charge is 0.408 e. The summed E-state index contributed by atoms with van der Waals surface area (Å²) >= 11 is 0. The maximum absolute atomic E-state index is 13.5. The van der Waals surface area contributed by atoms with Gasteiger partial charge < -0.3 is 20.1 Å². The van der Waals surface area contributed by atoms with Crippen molar-refractivity contribution in [1.82, 2.24) is 10.6 Å². The fraction of sp³-hybridized carbons (Fsp3) is 0.300. The van der Waals surface area contributed by atoms with Crippen LogP contribution in [0.2, 0.25) is 0 Å². The Kier molecular flexibility index (Phi) is 10.4. The maximum atomic E-state index is 13.5. The molecule has 3 aromatic rings. The van der Waals surface area contributed by atoms with Crippen LogP contribution in [0.5, 0.6) is 0 Å². The van der Waals surface area contributed by atoms with Gasteiger partial charge in [0.05, 0.1) is 4.92 Å². The molecule has 3 rings (SSSR count). The summed E-state index contributed by atoms with van der Waals surface area (Å²) in [5.41, 5.74) is 1.30. The lowest BCUT2D eigenvalue weighted by Gasteiger charge is -2.25. The predicted octanol–water partition coefficient (Wildman–Crippen LogP) is 4.50. The number of ether oxygens (including phenoxy) is 2. The summed E-state index contributed by atoms with van der Waals surface area (Å²) in [6.07, 6.45) is -0.443. The molecule has 0 aliphatic heterocycles. The van der Waals surface area contributed by atoms with Crippen LogP contribution in [-0.4, -0.2) is 40.6 Å². The Hall–Kier alpha value is -4.73. The van der Waals surface area contributed by atoms with Crippen molar-refractivity contribution in [3.8, 4) is 0 Å². The molecule has 0 radical (unpaired) electrons. The Morgan fingerprint density at radius 1 is 0.775 bits per heavy atom. The van der Waals surface area contributed by atoms with Crippen molar-refractivity contribution < 1.29 is 28.8 Å². The molecule has 0 fully saturated rings. The Morgan fingerprint density at radius 3 is 1.80 bits per heavy atom. The predicted molar refractivity (Wildman–Crippen MR) is 148 cm³/mol. The first kappa shape index (κ1) is 29.8. The third-order valence-corrected chi connectivity index (χ3v) is 5.70. The van der Waals surface area contributed by atoms with Gasteiger partial charge in [-0.15, -0.1) is 0 Å². The third kappa shape index (κ3) is 9.86. The number of esters is 1. The second kappa shape index (κ2) is 13.9. The highest BCUT2D eigenvalue weighted by Gasteiger charge is 2.29. The summed E-state index contributed by atoms with van der Waals surface area (Å²) in [5.74, 6) is -1.27. The van der Waals surface area contributed by atoms with Crippen molar-refractivity contribution >= 4 is 23.7 Å². The minimum Gasteiger partial charge on any atom is -0.459 e. The lowest BCUT2D eigenvalue weighted by Crippen LogP contribution is -2.54. The van der Waals surface area contributed by atoms with Gasteiger partial charge in [0.2, 0.25) is 5.91 Å². The molecule has 40 heavy (non-hydrogen) atoms. The van der Waals surface area contributed by atoms with Crippen molar-refractivity contribution in [1.29, 1.82) is 0 Å². The fourth-order valence-electron chi connectivity index (χ4n) is 3.79. The minimum absolute atomic E-state index is 0.0776. The Balaban J connectivity index is 1.77. The zero-order chi connectivity index (χ0) is 29.1. The number of nitrogens with zero attached hydrogens (tertiary/aromatic N) is 1. The van der Waals surface area contributed by atoms with Gasteiger partial charge in [-0.2, -0.15) is 0 Å². The Labute approximate surface area is 232 Å². The molecule has 0 bridgehead atoms. The van der Waals surface area contributed by atoms with Gasteiger partial charge in [-0.3, -0.25) is 14.9 Å². The molecular weight excluding hydrogens is 514 g/mol. The van der Waals surface area contributed by atoms with Gasteiger partial charge in [0, 0.05) is 25.0 Å². The molecule has 210 valence electrons. The van der Waals surface area contributed by atoms with Crippen LogP contribution in [-0.2, 0) is 38.5 Å². The Bertz CT molecular complexity index is 1290. The van der Waals surface area contributed by atoms with Gasteiger partial charge in [0.15, 0.2) is 0 Å². The number of nitro groups is 1. The van der Waals surface area contributed by atoms with Crippen LogP contribution in [0, 0.1) is 10.1 Å². The maximum Gasteiger partial charge on any atom is 0.408 e. The number of carbonyl (C=O) groups excluding carboxylic acids is 3. The molecule has 0 aromatic heterocycles. The van der Waals surface area contributed by atoms with Crippen molar-refractivity contribution in [3.05, 3.63) is 112 Å². The van der Waals surface area contributed by atoms with E-state index >= 15 is 0 Å². The highest BCUT2D eigenvalue weighted by Crippen LogP contribution is 2.14. The van der Waals surface area contributed by atoms with E-state index < -0.39 is 40.6 Å². The summed E-state index contributed by atoms with van der Waals surface area (Å²) in [7, 11) is 0. The first-order valence-electron chi connectivity index (χ1n) is 12.8. The van der Waals surface area contributed by atoms with Gasteiger partial charge in [0.25, 0.3) is 5.69 Å². The van der Waals surface area contributed by atoms with Crippen molar-refractivity contribution in [3.63, 3.8) is 0 Å². The molecule has 10 heteroatoms. The van der Waals surface area contributed by atoms with E-state index in [-0.39, 0.29) is 25.1 Å². The van der Waals surface area contributed by atoms with Crippen LogP contribution in [0.25, 0.3) is 0 Å². The van der Waals surface area contributed by atoms with Crippen molar-refractivity contribution in [2.75, 3.05) is 0 Å². The van der Waals surface area contributed by atoms with Crippen LogP contribution >= 0.6 is 0 Å². The van der Waals surface area contributed by atoms with E-state index in [4.69, 9.17) is 9.47 Å². The third-order valence-electron chi connectivity index (χ3n) is 5.70. The molecule has 10 nitrogen and oxygen atoms in total. The lowest BCUT2D eigenvalue weighted by atomic mass is 10.0. The fourth-order valence-corrected chi connectivity index (χ4v) is 3.79. The van der Waals surface area contributed by atoms with E-state index in [0.29, 0.717) is 5.56 Å². The van der Waals surface area contributed by atoms with Crippen LogP contribution in [0.15, 0.2) is 84.9 Å². The molecule has 0 aliphatic carbocycles. The standard InChI is InChI=1S/C30H33N3O7/c1-30(2,3)40-29(36)32-25(18-21-10-6-4-7-11-21)27(34)31-26(19-22-12-8-5-9-13-22)28(35)39-20-23-14-16-24(17-15-23)33(37)38/h4-17,25-26H,18-20H2,1-3H3,(H,31,34)(H,32,36)/t25-,26-/m1/s1. The van der Waals surface area contributed by atoms with E-state index in [1.807, 2.05) is 60.7 Å². The number of hydrogen-bond donors (Lipinski definition) is 2. The second-order valence-corrected chi connectivity index (χ2v) is 10.2. The largest absolute Gasteiger partial charge is 0.459 e. The molecule has 2 amide bonds. The van der Waals surface area contributed by atoms with Gasteiger partial charge in [-0.25, -0.2) is 9.59 Å². The molecule has 3 aromatic carbocycles. The molecule has 0 spiro atoms. The van der Waals surface area contributed by atoms with Gasteiger partial charge in [-0.05, 0) is 49.6 Å². The zero-order valence-corrected chi connectivity index (χ0v) is 22.7. The molecular formula is C30H33N3O7. The summed E-state index contributed by atoms with van der Waals surface area (Å²) in [4.78, 5) is 49.6. The highest BCUT2D eigenvalue weighted by atomic mass is 16.6. The number of rotatable bonds is 11. The number of carbonyl (C=O) groups is 3. The number of non-ortho nitro benzene ring substituents is 1. The zero-order valence-electron chi connectivity index (χ0n) is 22.7. The number of amides is 2. The normalized spacial score (nSPS) is 12.5. The molecule has 2 N–H and O–H groups in total. The van der Waals surface area contributed by atoms with E-state index in [0.717, 1.165) is 11.1 Å². The molecule has 2 atom stereocenters. The Morgan fingerprint density at radius 2 is 1.30 bits per heavy atom. The first-order valence-corrected chi connectivity index (χ1v) is 12.8. The van der Waals surface area contributed by atoms with Crippen molar-refractivity contribution in [2.45, 2.75) is 57.9 Å². The van der Waals surface area contributed by atoms with Gasteiger partial charge in [-0.1, -0.05) is 60.7 Å². The monoisotopic (exact) mass is 547 g/mol. The first-order chi connectivity index (χ1) is 19.0. The summed E-state index contributed by atoms with van der Waals surface area (Å²) in [5, 5.41) is 16.3. The number of nitro benzene ring substituents is 1. The topological polar surface area (TPSA) is 137 Å². The molecule has 0 unspecified atom stereocenters. The van der Waals surface area contributed by atoms with Crippen molar-refractivity contribution in [2.24, 2.45) is 0 Å². The highest BCUT2D eigenvalue weighted by molar-refractivity contribution is 5.90. The average Bonchev–Trinajstić information content (AvgIpc) is 2.91. The van der Waals surface area contributed by atoms with E-state index in [1.54, 1.807) is 20.8 Å². The van der Waals surface area contributed by atoms with Gasteiger partial charge in [0.1, 0.15) is 24.3 Å². The van der Waals surface area contributed by atoms with Crippen LogP contribution in [0.4, 0.5) is 10.5 Å². The second-order valence-electron chi connectivity index (χ2n) is 10.2. The average molecular weight is 548 g/mol. The summed E-state index contributed by atoms with van der Waals surface area (Å²) in [6.45, 7) is 5.02. The number of hydrogen-bond acceptors (Lipinski definition) is 7. The van der Waals surface area contributed by atoms with E-state index in [9.17, 15) is 24.5 Å². The van der Waals surface area contributed by atoms with E-state index in [2.05, 4.69) is 10.6 Å².